The molecule has 0 saturated carbocycles. The number of halogens is 1. The summed E-state index contributed by atoms with van der Waals surface area (Å²) in [6, 6.07) is 17.1. The number of aromatic nitrogens is 2. The summed E-state index contributed by atoms with van der Waals surface area (Å²) in [5.41, 5.74) is 1.73. The average Bonchev–Trinajstić information content (AvgIpc) is 3.36. The smallest absolute Gasteiger partial charge is 0.230 e. The lowest BCUT2D eigenvalue weighted by atomic mass is 10.1. The highest BCUT2D eigenvalue weighted by molar-refractivity contribution is 7.98. The summed E-state index contributed by atoms with van der Waals surface area (Å²) in [6.07, 6.45) is 3.83. The van der Waals surface area contributed by atoms with Gasteiger partial charge in [-0.05, 0) is 42.2 Å². The van der Waals surface area contributed by atoms with Gasteiger partial charge in [0.1, 0.15) is 5.82 Å². The summed E-state index contributed by atoms with van der Waals surface area (Å²) in [5, 5.41) is 7.86. The number of hydrogen-bond donors (Lipinski definition) is 1. The van der Waals surface area contributed by atoms with E-state index in [2.05, 4.69) is 10.4 Å². The van der Waals surface area contributed by atoms with Crippen molar-refractivity contribution in [3.05, 3.63) is 71.4 Å². The molecule has 1 aliphatic rings. The molecule has 0 spiro atoms. The summed E-state index contributed by atoms with van der Waals surface area (Å²) in [7, 11) is 0. The van der Waals surface area contributed by atoms with Crippen molar-refractivity contribution >= 4 is 46.7 Å². The van der Waals surface area contributed by atoms with E-state index in [0.29, 0.717) is 23.9 Å². The maximum Gasteiger partial charge on any atom is 0.230 e. The molecule has 0 bridgehead atoms. The standard InChI is InChI=1S/C22H21ClN4O2S/c1-30-18-8-6-17(7-9-18)26-13-16(12-21(26)28)22(29)25-20-10-11-24-27(20)14-15-4-2-3-5-19(15)23/h2-11,16H,12-14H2,1H3,(H,25,29). The molecule has 1 atom stereocenters. The molecular weight excluding hydrogens is 420 g/mol. The summed E-state index contributed by atoms with van der Waals surface area (Å²) < 4.78 is 1.69. The van der Waals surface area contributed by atoms with Gasteiger partial charge in [-0.2, -0.15) is 5.10 Å². The topological polar surface area (TPSA) is 67.2 Å². The van der Waals surface area contributed by atoms with E-state index >= 15 is 0 Å². The molecule has 154 valence electrons. The van der Waals surface area contributed by atoms with Crippen LogP contribution in [0.1, 0.15) is 12.0 Å². The second kappa shape index (κ2) is 8.93. The Hall–Kier alpha value is -2.77. The van der Waals surface area contributed by atoms with Gasteiger partial charge < -0.3 is 10.2 Å². The molecule has 1 fully saturated rings. The molecule has 1 N–H and O–H groups in total. The zero-order valence-electron chi connectivity index (χ0n) is 16.4. The summed E-state index contributed by atoms with van der Waals surface area (Å²) in [6.45, 7) is 0.807. The number of anilines is 2. The zero-order valence-corrected chi connectivity index (χ0v) is 18.0. The van der Waals surface area contributed by atoms with Gasteiger partial charge in [0, 0.05) is 34.6 Å². The predicted octanol–water partition coefficient (Wildman–Crippen LogP) is 4.30. The summed E-state index contributed by atoms with van der Waals surface area (Å²) in [5.74, 6) is -0.0688. The fourth-order valence-electron chi connectivity index (χ4n) is 3.48. The molecule has 1 saturated heterocycles. The highest BCUT2D eigenvalue weighted by Crippen LogP contribution is 2.28. The van der Waals surface area contributed by atoms with E-state index in [1.807, 2.05) is 54.8 Å². The van der Waals surface area contributed by atoms with E-state index in [-0.39, 0.29) is 18.2 Å². The minimum atomic E-state index is -0.415. The minimum absolute atomic E-state index is 0.0448. The molecule has 6 nitrogen and oxygen atoms in total. The van der Waals surface area contributed by atoms with E-state index in [0.717, 1.165) is 16.1 Å². The zero-order chi connectivity index (χ0) is 21.1. The number of nitrogens with zero attached hydrogens (tertiary/aromatic N) is 3. The Kier molecular flexibility index (Phi) is 6.11. The van der Waals surface area contributed by atoms with Crippen LogP contribution in [-0.4, -0.2) is 34.4 Å². The number of thioether (sulfide) groups is 1. The minimum Gasteiger partial charge on any atom is -0.312 e. The lowest BCUT2D eigenvalue weighted by molar-refractivity contribution is -0.122. The van der Waals surface area contributed by atoms with Crippen molar-refractivity contribution in [2.45, 2.75) is 17.9 Å². The molecule has 2 heterocycles. The van der Waals surface area contributed by atoms with Gasteiger partial charge in [0.2, 0.25) is 11.8 Å². The highest BCUT2D eigenvalue weighted by Gasteiger charge is 2.35. The Morgan fingerprint density at radius 1 is 1.20 bits per heavy atom. The second-order valence-corrected chi connectivity index (χ2v) is 8.35. The molecule has 8 heteroatoms. The molecule has 1 aliphatic heterocycles. The number of carbonyl (C=O) groups is 2. The number of benzene rings is 2. The van der Waals surface area contributed by atoms with Crippen LogP contribution in [0.2, 0.25) is 5.02 Å². The van der Waals surface area contributed by atoms with Crippen molar-refractivity contribution in [2.75, 3.05) is 23.0 Å². The fourth-order valence-corrected chi connectivity index (χ4v) is 4.08. The Labute approximate surface area is 184 Å². The van der Waals surface area contributed by atoms with E-state index in [1.54, 1.807) is 33.6 Å². The van der Waals surface area contributed by atoms with Gasteiger partial charge in [-0.25, -0.2) is 4.68 Å². The SMILES string of the molecule is CSc1ccc(N2CC(C(=O)Nc3ccnn3Cc3ccccc3Cl)CC2=O)cc1. The van der Waals surface area contributed by atoms with E-state index in [1.165, 1.54) is 0 Å². The first kappa shape index (κ1) is 20.5. The van der Waals surface area contributed by atoms with Crippen LogP contribution < -0.4 is 10.2 Å². The van der Waals surface area contributed by atoms with Gasteiger partial charge in [-0.1, -0.05) is 29.8 Å². The second-order valence-electron chi connectivity index (χ2n) is 7.06. The third-order valence-corrected chi connectivity index (χ3v) is 6.24. The van der Waals surface area contributed by atoms with Crippen LogP contribution in [-0.2, 0) is 16.1 Å². The fraction of sp³-hybridized carbons (Fsp3) is 0.227. The molecule has 1 unspecified atom stereocenters. The Bertz CT molecular complexity index is 1070. The lowest BCUT2D eigenvalue weighted by Crippen LogP contribution is -2.28. The average molecular weight is 441 g/mol. The van der Waals surface area contributed by atoms with Crippen molar-refractivity contribution < 1.29 is 9.59 Å². The molecule has 1 aromatic heterocycles. The maximum atomic E-state index is 12.8. The molecule has 0 aliphatic carbocycles. The van der Waals surface area contributed by atoms with E-state index in [9.17, 15) is 9.59 Å². The number of nitrogens with one attached hydrogen (secondary N) is 1. The van der Waals surface area contributed by atoms with Crippen molar-refractivity contribution in [2.24, 2.45) is 5.92 Å². The Morgan fingerprint density at radius 2 is 1.97 bits per heavy atom. The molecular formula is C22H21ClN4O2S. The van der Waals surface area contributed by atoms with Crippen molar-refractivity contribution in [1.29, 1.82) is 0 Å². The summed E-state index contributed by atoms with van der Waals surface area (Å²) >= 11 is 7.89. The van der Waals surface area contributed by atoms with Gasteiger partial charge in [0.25, 0.3) is 0 Å². The summed E-state index contributed by atoms with van der Waals surface area (Å²) in [4.78, 5) is 28.2. The Balaban J connectivity index is 1.43. The van der Waals surface area contributed by atoms with Crippen LogP contribution in [0.25, 0.3) is 0 Å². The molecule has 3 aromatic rings. The molecule has 2 amide bonds. The van der Waals surface area contributed by atoms with Gasteiger partial charge in [0.05, 0.1) is 18.7 Å². The number of amides is 2. The molecule has 0 radical (unpaired) electrons. The van der Waals surface area contributed by atoms with Gasteiger partial charge >= 0.3 is 0 Å². The third kappa shape index (κ3) is 4.37. The van der Waals surface area contributed by atoms with Crippen molar-refractivity contribution in [3.63, 3.8) is 0 Å². The van der Waals surface area contributed by atoms with Crippen LogP contribution in [0, 0.1) is 5.92 Å². The first-order chi connectivity index (χ1) is 14.5. The van der Waals surface area contributed by atoms with Crippen LogP contribution in [0.5, 0.6) is 0 Å². The lowest BCUT2D eigenvalue weighted by Gasteiger charge is -2.17. The third-order valence-electron chi connectivity index (χ3n) is 5.13. The monoisotopic (exact) mass is 440 g/mol. The van der Waals surface area contributed by atoms with Gasteiger partial charge in [0.15, 0.2) is 0 Å². The first-order valence-electron chi connectivity index (χ1n) is 9.55. The molecule has 2 aromatic carbocycles. The normalized spacial score (nSPS) is 16.1. The van der Waals surface area contributed by atoms with Crippen LogP contribution in [0.4, 0.5) is 11.5 Å². The van der Waals surface area contributed by atoms with Crippen molar-refractivity contribution in [1.82, 2.24) is 9.78 Å². The predicted molar refractivity (Wildman–Crippen MR) is 120 cm³/mol. The van der Waals surface area contributed by atoms with Crippen LogP contribution in [0.15, 0.2) is 65.7 Å². The number of carbonyl (C=O) groups excluding carboxylic acids is 2. The quantitative estimate of drug-likeness (QED) is 0.580. The molecule has 30 heavy (non-hydrogen) atoms. The van der Waals surface area contributed by atoms with Crippen LogP contribution >= 0.6 is 23.4 Å². The number of hydrogen-bond acceptors (Lipinski definition) is 4. The Morgan fingerprint density at radius 3 is 2.70 bits per heavy atom. The van der Waals surface area contributed by atoms with Crippen molar-refractivity contribution in [3.8, 4) is 0 Å². The first-order valence-corrected chi connectivity index (χ1v) is 11.2. The van der Waals surface area contributed by atoms with E-state index < -0.39 is 5.92 Å². The molecule has 4 rings (SSSR count). The highest BCUT2D eigenvalue weighted by atomic mass is 35.5. The largest absolute Gasteiger partial charge is 0.312 e. The van der Waals surface area contributed by atoms with Gasteiger partial charge in [-0.15, -0.1) is 11.8 Å². The number of rotatable bonds is 6. The van der Waals surface area contributed by atoms with Gasteiger partial charge in [-0.3, -0.25) is 9.59 Å². The van der Waals surface area contributed by atoms with Crippen LogP contribution in [0.3, 0.4) is 0 Å². The van der Waals surface area contributed by atoms with E-state index in [4.69, 9.17) is 11.6 Å². The maximum absolute atomic E-state index is 12.8.